The lowest BCUT2D eigenvalue weighted by Gasteiger charge is -2.33. The molecule has 2 rings (SSSR count). The van der Waals surface area contributed by atoms with Crippen LogP contribution in [0.1, 0.15) is 27.6 Å². The van der Waals surface area contributed by atoms with Gasteiger partial charge in [0.1, 0.15) is 5.82 Å². The minimum atomic E-state index is -0.0412. The highest BCUT2D eigenvalue weighted by Crippen LogP contribution is 2.14. The van der Waals surface area contributed by atoms with Crippen LogP contribution in [0.4, 0.5) is 0 Å². The van der Waals surface area contributed by atoms with E-state index in [-0.39, 0.29) is 5.91 Å². The molecule has 0 aromatic carbocycles. The van der Waals surface area contributed by atoms with E-state index in [0.29, 0.717) is 49.0 Å². The van der Waals surface area contributed by atoms with Crippen LogP contribution in [0.25, 0.3) is 0 Å². The summed E-state index contributed by atoms with van der Waals surface area (Å²) in [7, 11) is 0. The molecule has 0 saturated carbocycles. The first-order chi connectivity index (χ1) is 9.02. The minimum Gasteiger partial charge on any atom is -0.342 e. The van der Waals surface area contributed by atoms with Gasteiger partial charge in [-0.25, -0.2) is 9.97 Å². The number of rotatable bonds is 2. The van der Waals surface area contributed by atoms with Gasteiger partial charge in [-0.05, 0) is 20.8 Å². The zero-order valence-corrected chi connectivity index (χ0v) is 11.5. The summed E-state index contributed by atoms with van der Waals surface area (Å²) in [4.78, 5) is 35.1. The maximum Gasteiger partial charge on any atom is 0.257 e. The number of aryl methyl sites for hydroxylation is 3. The number of nitrogens with zero attached hydrogens (tertiary/aromatic N) is 4. The lowest BCUT2D eigenvalue weighted by atomic mass is 10.1. The summed E-state index contributed by atoms with van der Waals surface area (Å²) < 4.78 is 0. The SMILES string of the molecule is Cc1nc(C)c(C(=O)N2CCN(C=O)CC2)c(C)n1. The lowest BCUT2D eigenvalue weighted by Crippen LogP contribution is -2.48. The van der Waals surface area contributed by atoms with Crippen LogP contribution in [-0.4, -0.2) is 58.3 Å². The largest absolute Gasteiger partial charge is 0.342 e. The van der Waals surface area contributed by atoms with Crippen molar-refractivity contribution in [2.75, 3.05) is 26.2 Å². The van der Waals surface area contributed by atoms with Gasteiger partial charge in [0.15, 0.2) is 0 Å². The minimum absolute atomic E-state index is 0.0412. The van der Waals surface area contributed by atoms with Gasteiger partial charge in [0.25, 0.3) is 5.91 Å². The van der Waals surface area contributed by atoms with E-state index in [1.807, 2.05) is 20.8 Å². The fraction of sp³-hybridized carbons (Fsp3) is 0.538. The summed E-state index contributed by atoms with van der Waals surface area (Å²) in [6, 6.07) is 0. The van der Waals surface area contributed by atoms with Crippen molar-refractivity contribution in [3.63, 3.8) is 0 Å². The molecule has 2 heterocycles. The van der Waals surface area contributed by atoms with Crippen molar-refractivity contribution in [2.45, 2.75) is 20.8 Å². The van der Waals surface area contributed by atoms with E-state index in [0.717, 1.165) is 6.41 Å². The third kappa shape index (κ3) is 2.72. The molecular weight excluding hydrogens is 244 g/mol. The Bertz CT molecular complexity index is 484. The van der Waals surface area contributed by atoms with Crippen LogP contribution in [0.5, 0.6) is 0 Å². The molecular formula is C13H18N4O2. The average molecular weight is 262 g/mol. The van der Waals surface area contributed by atoms with Crippen LogP contribution in [0.2, 0.25) is 0 Å². The van der Waals surface area contributed by atoms with Crippen molar-refractivity contribution in [1.82, 2.24) is 19.8 Å². The van der Waals surface area contributed by atoms with Gasteiger partial charge < -0.3 is 9.80 Å². The number of hydrogen-bond acceptors (Lipinski definition) is 4. The summed E-state index contributed by atoms with van der Waals surface area (Å²) in [5.41, 5.74) is 2.02. The smallest absolute Gasteiger partial charge is 0.257 e. The highest BCUT2D eigenvalue weighted by molar-refractivity contribution is 5.96. The summed E-state index contributed by atoms with van der Waals surface area (Å²) in [6.45, 7) is 7.76. The Morgan fingerprint density at radius 2 is 1.58 bits per heavy atom. The maximum atomic E-state index is 12.5. The predicted octanol–water partition coefficient (Wildman–Crippen LogP) is 0.316. The van der Waals surface area contributed by atoms with Crippen LogP contribution in [-0.2, 0) is 4.79 Å². The van der Waals surface area contributed by atoms with Crippen molar-refractivity contribution in [3.05, 3.63) is 22.8 Å². The second kappa shape index (κ2) is 5.34. The van der Waals surface area contributed by atoms with E-state index >= 15 is 0 Å². The molecule has 0 unspecified atom stereocenters. The highest BCUT2D eigenvalue weighted by Gasteiger charge is 2.24. The van der Waals surface area contributed by atoms with Gasteiger partial charge in [-0.15, -0.1) is 0 Å². The molecule has 0 N–H and O–H groups in total. The van der Waals surface area contributed by atoms with Gasteiger partial charge in [0, 0.05) is 26.2 Å². The normalized spacial score (nSPS) is 15.5. The third-order valence-electron chi connectivity index (χ3n) is 3.35. The summed E-state index contributed by atoms with van der Waals surface area (Å²) in [5, 5.41) is 0. The quantitative estimate of drug-likeness (QED) is 0.720. The van der Waals surface area contributed by atoms with Crippen molar-refractivity contribution in [1.29, 1.82) is 0 Å². The molecule has 1 aromatic heterocycles. The van der Waals surface area contributed by atoms with Crippen molar-refractivity contribution < 1.29 is 9.59 Å². The van der Waals surface area contributed by atoms with E-state index in [2.05, 4.69) is 9.97 Å². The molecule has 6 nitrogen and oxygen atoms in total. The topological polar surface area (TPSA) is 66.4 Å². The zero-order valence-electron chi connectivity index (χ0n) is 11.5. The average Bonchev–Trinajstić information content (AvgIpc) is 2.37. The standard InChI is InChI=1S/C13H18N4O2/c1-9-12(10(2)15-11(3)14-9)13(19)17-6-4-16(8-18)5-7-17/h8H,4-7H2,1-3H3. The molecule has 1 aromatic rings. The summed E-state index contributed by atoms with van der Waals surface area (Å²) in [6.07, 6.45) is 0.827. The summed E-state index contributed by atoms with van der Waals surface area (Å²) in [5.74, 6) is 0.637. The van der Waals surface area contributed by atoms with Crippen LogP contribution in [0, 0.1) is 20.8 Å². The fourth-order valence-electron chi connectivity index (χ4n) is 2.38. The number of amides is 2. The summed E-state index contributed by atoms with van der Waals surface area (Å²) >= 11 is 0. The zero-order chi connectivity index (χ0) is 14.0. The first-order valence-electron chi connectivity index (χ1n) is 6.33. The van der Waals surface area contributed by atoms with Gasteiger partial charge >= 0.3 is 0 Å². The Balaban J connectivity index is 2.19. The Morgan fingerprint density at radius 1 is 1.05 bits per heavy atom. The molecule has 0 bridgehead atoms. The monoisotopic (exact) mass is 262 g/mol. The number of carbonyl (C=O) groups is 2. The molecule has 0 spiro atoms. The van der Waals surface area contributed by atoms with Crippen molar-refractivity contribution in [2.24, 2.45) is 0 Å². The first kappa shape index (κ1) is 13.5. The van der Waals surface area contributed by atoms with Crippen molar-refractivity contribution >= 4 is 12.3 Å². The van der Waals surface area contributed by atoms with Gasteiger partial charge in [-0.1, -0.05) is 0 Å². The van der Waals surface area contributed by atoms with E-state index in [4.69, 9.17) is 0 Å². The first-order valence-corrected chi connectivity index (χ1v) is 6.33. The molecule has 19 heavy (non-hydrogen) atoms. The van der Waals surface area contributed by atoms with Crippen LogP contribution >= 0.6 is 0 Å². The molecule has 102 valence electrons. The highest BCUT2D eigenvalue weighted by atomic mass is 16.2. The van der Waals surface area contributed by atoms with Crippen LogP contribution in [0.15, 0.2) is 0 Å². The lowest BCUT2D eigenvalue weighted by molar-refractivity contribution is -0.119. The van der Waals surface area contributed by atoms with E-state index in [1.54, 1.807) is 9.80 Å². The molecule has 1 saturated heterocycles. The second-order valence-corrected chi connectivity index (χ2v) is 4.75. The molecule has 1 aliphatic rings. The fourth-order valence-corrected chi connectivity index (χ4v) is 2.38. The van der Waals surface area contributed by atoms with Gasteiger partial charge in [0.05, 0.1) is 17.0 Å². The number of carbonyl (C=O) groups excluding carboxylic acids is 2. The number of hydrogen-bond donors (Lipinski definition) is 0. The van der Waals surface area contributed by atoms with E-state index < -0.39 is 0 Å². The molecule has 1 fully saturated rings. The predicted molar refractivity (Wildman–Crippen MR) is 69.8 cm³/mol. The molecule has 0 radical (unpaired) electrons. The van der Waals surface area contributed by atoms with Crippen molar-refractivity contribution in [3.8, 4) is 0 Å². The number of aromatic nitrogens is 2. The van der Waals surface area contributed by atoms with Gasteiger partial charge in [-0.2, -0.15) is 0 Å². The number of piperazine rings is 1. The van der Waals surface area contributed by atoms with E-state index in [9.17, 15) is 9.59 Å². The van der Waals surface area contributed by atoms with Crippen LogP contribution < -0.4 is 0 Å². The molecule has 6 heteroatoms. The third-order valence-corrected chi connectivity index (χ3v) is 3.35. The Hall–Kier alpha value is -1.98. The Morgan fingerprint density at radius 3 is 2.05 bits per heavy atom. The second-order valence-electron chi connectivity index (χ2n) is 4.75. The van der Waals surface area contributed by atoms with E-state index in [1.165, 1.54) is 0 Å². The maximum absolute atomic E-state index is 12.5. The molecule has 0 aliphatic carbocycles. The Kier molecular flexibility index (Phi) is 3.78. The molecule has 1 aliphatic heterocycles. The van der Waals surface area contributed by atoms with Crippen LogP contribution in [0.3, 0.4) is 0 Å². The van der Waals surface area contributed by atoms with Gasteiger partial charge in [-0.3, -0.25) is 9.59 Å². The van der Waals surface area contributed by atoms with Gasteiger partial charge in [0.2, 0.25) is 6.41 Å². The Labute approximate surface area is 112 Å². The molecule has 2 amide bonds. The molecule has 0 atom stereocenters.